The average molecular weight is 783 g/mol. The lowest BCUT2D eigenvalue weighted by Crippen LogP contribution is -2.14. The topological polar surface area (TPSA) is 8.17 Å². The Kier molecular flexibility index (Phi) is 9.01. The maximum Gasteiger partial charge on any atom is 0.0584 e. The highest BCUT2D eigenvalue weighted by atomic mass is 15.1. The molecule has 0 radical (unpaired) electrons. The van der Waals surface area contributed by atoms with E-state index in [1.165, 1.54) is 77.9 Å². The van der Waals surface area contributed by atoms with Gasteiger partial charge in [0.1, 0.15) is 0 Å². The van der Waals surface area contributed by atoms with Gasteiger partial charge in [-0.3, -0.25) is 0 Å². The van der Waals surface area contributed by atoms with Crippen molar-refractivity contribution in [3.05, 3.63) is 241 Å². The minimum atomic E-state index is -0.0953. The third-order valence-corrected chi connectivity index (χ3v) is 12.9. The number of allylic oxidation sites excluding steroid dienone is 4. The van der Waals surface area contributed by atoms with Gasteiger partial charge in [0.05, 0.1) is 11.2 Å². The van der Waals surface area contributed by atoms with Crippen molar-refractivity contribution in [2.24, 2.45) is 0 Å². The molecule has 1 heterocycles. The van der Waals surface area contributed by atoms with E-state index >= 15 is 0 Å². The molecular weight excluding hydrogens is 737 g/mol. The zero-order valence-corrected chi connectivity index (χ0v) is 34.5. The number of anilines is 3. The summed E-state index contributed by atoms with van der Waals surface area (Å²) in [5.74, 6) is 0.415. The fraction of sp³-hybridized carbons (Fsp3) is 0.0847. The van der Waals surface area contributed by atoms with Crippen LogP contribution in [-0.4, -0.2) is 4.57 Å². The highest BCUT2D eigenvalue weighted by Crippen LogP contribution is 2.54. The molecule has 0 amide bonds. The van der Waals surface area contributed by atoms with Gasteiger partial charge in [-0.15, -0.1) is 0 Å². The number of benzene rings is 8. The second kappa shape index (κ2) is 15.0. The van der Waals surface area contributed by atoms with E-state index in [-0.39, 0.29) is 5.41 Å². The third-order valence-electron chi connectivity index (χ3n) is 12.9. The monoisotopic (exact) mass is 782 g/mol. The number of hydrogen-bond acceptors (Lipinski definition) is 1. The summed E-state index contributed by atoms with van der Waals surface area (Å²) in [7, 11) is 0. The highest BCUT2D eigenvalue weighted by molar-refractivity contribution is 6.01. The van der Waals surface area contributed by atoms with Crippen molar-refractivity contribution in [1.82, 2.24) is 4.57 Å². The van der Waals surface area contributed by atoms with Crippen LogP contribution in [0.4, 0.5) is 17.1 Å². The Hall–Kier alpha value is -7.42. The largest absolute Gasteiger partial charge is 0.311 e. The number of hydrogen-bond donors (Lipinski definition) is 0. The van der Waals surface area contributed by atoms with E-state index in [0.29, 0.717) is 5.92 Å². The van der Waals surface area contributed by atoms with Gasteiger partial charge in [-0.1, -0.05) is 184 Å². The standard InChI is InChI=1S/C59H46N2/c1-59(2)55-21-13-12-20-53(55)58-57(59)54-39-32-48(40-56(54)61(58)49-18-10-5-11-19-49)47-24-22-43(23-25-47)46-30-37-52(38-31-46)60(50-33-26-44(27-34-50)41-14-6-3-7-15-41)51-35-28-45(29-36-51)42-16-8-4-9-17-42/h3-16,18-40,42H,17H2,1-2H3. The van der Waals surface area contributed by atoms with E-state index in [9.17, 15) is 0 Å². The van der Waals surface area contributed by atoms with Crippen molar-refractivity contribution < 1.29 is 0 Å². The van der Waals surface area contributed by atoms with Gasteiger partial charge in [-0.2, -0.15) is 0 Å². The van der Waals surface area contributed by atoms with Crippen LogP contribution in [0.3, 0.4) is 0 Å². The Morgan fingerprint density at radius 1 is 0.492 bits per heavy atom. The molecule has 0 saturated heterocycles. The molecule has 0 fully saturated rings. The first-order valence-corrected chi connectivity index (χ1v) is 21.5. The SMILES string of the molecule is CC1(C)c2ccccc2-c2c1c1ccc(-c3ccc(-c4ccc(N(c5ccc(-c6ccccc6)cc5)c5ccc(C6C=CC=CC6)cc5)cc4)cc3)cc1n2-c1ccccc1. The Balaban J connectivity index is 0.918. The normalized spacial score (nSPS) is 14.8. The van der Waals surface area contributed by atoms with Crippen LogP contribution in [0, 0.1) is 0 Å². The molecule has 1 aromatic heterocycles. The predicted octanol–water partition coefficient (Wildman–Crippen LogP) is 16.0. The van der Waals surface area contributed by atoms with Gasteiger partial charge in [-0.05, 0) is 111 Å². The molecule has 2 aliphatic rings. The highest BCUT2D eigenvalue weighted by Gasteiger charge is 2.40. The molecule has 0 N–H and O–H groups in total. The van der Waals surface area contributed by atoms with Crippen LogP contribution < -0.4 is 4.90 Å². The van der Waals surface area contributed by atoms with Gasteiger partial charge in [0.15, 0.2) is 0 Å². The van der Waals surface area contributed by atoms with Crippen molar-refractivity contribution >= 4 is 28.0 Å². The van der Waals surface area contributed by atoms with Crippen molar-refractivity contribution in [3.8, 4) is 50.3 Å². The lowest BCUT2D eigenvalue weighted by Gasteiger charge is -2.26. The molecule has 0 saturated carbocycles. The molecule has 1 atom stereocenters. The van der Waals surface area contributed by atoms with E-state index in [4.69, 9.17) is 0 Å². The summed E-state index contributed by atoms with van der Waals surface area (Å²) in [6.45, 7) is 4.75. The molecule has 0 bridgehead atoms. The Morgan fingerprint density at radius 2 is 1.00 bits per heavy atom. The van der Waals surface area contributed by atoms with E-state index in [2.05, 4.69) is 248 Å². The summed E-state index contributed by atoms with van der Waals surface area (Å²) in [6.07, 6.45) is 9.89. The maximum absolute atomic E-state index is 2.48. The second-order valence-electron chi connectivity index (χ2n) is 16.9. The first-order valence-electron chi connectivity index (χ1n) is 21.5. The Bertz CT molecular complexity index is 3080. The molecule has 9 aromatic rings. The molecule has 11 rings (SSSR count). The van der Waals surface area contributed by atoms with E-state index in [0.717, 1.165) is 23.5 Å². The van der Waals surface area contributed by atoms with E-state index < -0.39 is 0 Å². The first-order chi connectivity index (χ1) is 30.0. The molecule has 292 valence electrons. The minimum Gasteiger partial charge on any atom is -0.311 e. The van der Waals surface area contributed by atoms with Crippen LogP contribution in [-0.2, 0) is 5.41 Å². The smallest absolute Gasteiger partial charge is 0.0584 e. The van der Waals surface area contributed by atoms with Gasteiger partial charge in [0.25, 0.3) is 0 Å². The van der Waals surface area contributed by atoms with Gasteiger partial charge >= 0.3 is 0 Å². The average Bonchev–Trinajstić information content (AvgIpc) is 3.80. The van der Waals surface area contributed by atoms with Crippen molar-refractivity contribution in [2.45, 2.75) is 31.6 Å². The first kappa shape index (κ1) is 36.6. The van der Waals surface area contributed by atoms with Crippen LogP contribution in [0.5, 0.6) is 0 Å². The predicted molar refractivity (Wildman–Crippen MR) is 257 cm³/mol. The molecule has 2 heteroatoms. The fourth-order valence-corrected chi connectivity index (χ4v) is 9.81. The third kappa shape index (κ3) is 6.44. The number of nitrogens with zero attached hydrogens (tertiary/aromatic N) is 2. The summed E-state index contributed by atoms with van der Waals surface area (Å²) in [5.41, 5.74) is 19.7. The van der Waals surface area contributed by atoms with Gasteiger partial charge in [0, 0.05) is 45.0 Å². The van der Waals surface area contributed by atoms with Crippen LogP contribution in [0.25, 0.3) is 61.2 Å². The Morgan fingerprint density at radius 3 is 1.61 bits per heavy atom. The zero-order valence-electron chi connectivity index (χ0n) is 34.5. The second-order valence-corrected chi connectivity index (χ2v) is 16.9. The molecule has 0 spiro atoms. The molecule has 2 aliphatic carbocycles. The van der Waals surface area contributed by atoms with Crippen LogP contribution in [0.2, 0.25) is 0 Å². The van der Waals surface area contributed by atoms with Crippen LogP contribution in [0.1, 0.15) is 42.9 Å². The molecule has 8 aromatic carbocycles. The van der Waals surface area contributed by atoms with Crippen molar-refractivity contribution in [2.75, 3.05) is 4.90 Å². The summed E-state index contributed by atoms with van der Waals surface area (Å²) >= 11 is 0. The maximum atomic E-state index is 2.48. The number of fused-ring (bicyclic) bond motifs is 5. The van der Waals surface area contributed by atoms with Crippen LogP contribution in [0.15, 0.2) is 224 Å². The van der Waals surface area contributed by atoms with Crippen LogP contribution >= 0.6 is 0 Å². The lowest BCUT2D eigenvalue weighted by molar-refractivity contribution is 0.666. The summed E-state index contributed by atoms with van der Waals surface area (Å²) in [4.78, 5) is 2.36. The van der Waals surface area contributed by atoms with E-state index in [1.807, 2.05) is 0 Å². The number of para-hydroxylation sites is 1. The quantitative estimate of drug-likeness (QED) is 0.149. The number of aromatic nitrogens is 1. The van der Waals surface area contributed by atoms with Gasteiger partial charge in [-0.25, -0.2) is 0 Å². The Labute approximate surface area is 359 Å². The lowest BCUT2D eigenvalue weighted by atomic mass is 9.81. The minimum absolute atomic E-state index is 0.0953. The molecule has 0 aliphatic heterocycles. The zero-order chi connectivity index (χ0) is 40.9. The molecular formula is C59H46N2. The fourth-order valence-electron chi connectivity index (χ4n) is 9.81. The number of rotatable bonds is 8. The van der Waals surface area contributed by atoms with E-state index in [1.54, 1.807) is 0 Å². The van der Waals surface area contributed by atoms with Crippen molar-refractivity contribution in [1.29, 1.82) is 0 Å². The summed E-state index contributed by atoms with van der Waals surface area (Å²) in [6, 6.07) is 73.5. The summed E-state index contributed by atoms with van der Waals surface area (Å²) < 4.78 is 2.48. The molecule has 61 heavy (non-hydrogen) atoms. The molecule has 2 nitrogen and oxygen atoms in total. The summed E-state index contributed by atoms with van der Waals surface area (Å²) in [5, 5.41) is 1.32. The van der Waals surface area contributed by atoms with Gasteiger partial charge in [0.2, 0.25) is 0 Å². The molecule has 1 unspecified atom stereocenters. The van der Waals surface area contributed by atoms with Crippen molar-refractivity contribution in [3.63, 3.8) is 0 Å². The van der Waals surface area contributed by atoms with Gasteiger partial charge < -0.3 is 9.47 Å².